The first kappa shape index (κ1) is 26.1. The predicted octanol–water partition coefficient (Wildman–Crippen LogP) is 9.90. The SMILES string of the molecule is C=C(CC)OC1CCCc2cc(-c3ccc4cc(-c5ccc6c(c5)C=CCC6OC(=O)CC)ccc4c3)ccc21. The van der Waals surface area contributed by atoms with Crippen molar-refractivity contribution in [2.75, 3.05) is 0 Å². The van der Waals surface area contributed by atoms with Gasteiger partial charge in [0.1, 0.15) is 12.2 Å². The second-order valence-electron chi connectivity index (χ2n) is 10.9. The van der Waals surface area contributed by atoms with Crippen molar-refractivity contribution in [2.24, 2.45) is 0 Å². The van der Waals surface area contributed by atoms with Gasteiger partial charge in [-0.2, -0.15) is 0 Å². The highest BCUT2D eigenvalue weighted by atomic mass is 16.5. The van der Waals surface area contributed by atoms with E-state index in [1.54, 1.807) is 0 Å². The van der Waals surface area contributed by atoms with Crippen LogP contribution in [0.25, 0.3) is 39.1 Å². The number of allylic oxidation sites excluding steroid dienone is 1. The van der Waals surface area contributed by atoms with E-state index in [2.05, 4.69) is 98.5 Å². The Morgan fingerprint density at radius 1 is 0.775 bits per heavy atom. The number of fused-ring (bicyclic) bond motifs is 3. The average molecular weight is 529 g/mol. The fourth-order valence-electron chi connectivity index (χ4n) is 5.95. The van der Waals surface area contributed by atoms with Crippen molar-refractivity contribution >= 4 is 22.8 Å². The van der Waals surface area contributed by atoms with Crippen LogP contribution in [0.1, 0.15) is 80.4 Å². The molecule has 6 rings (SSSR count). The molecule has 0 bridgehead atoms. The molecule has 0 fully saturated rings. The lowest BCUT2D eigenvalue weighted by Crippen LogP contribution is -2.13. The molecule has 3 nitrogen and oxygen atoms in total. The minimum atomic E-state index is -0.200. The maximum Gasteiger partial charge on any atom is 0.306 e. The Kier molecular flexibility index (Phi) is 7.30. The molecule has 0 saturated heterocycles. The monoisotopic (exact) mass is 528 g/mol. The zero-order chi connectivity index (χ0) is 27.6. The summed E-state index contributed by atoms with van der Waals surface area (Å²) in [5, 5.41) is 2.44. The van der Waals surface area contributed by atoms with E-state index in [0.29, 0.717) is 6.42 Å². The third kappa shape index (κ3) is 5.21. The molecule has 0 amide bonds. The van der Waals surface area contributed by atoms with Crippen LogP contribution in [0.4, 0.5) is 0 Å². The van der Waals surface area contributed by atoms with Gasteiger partial charge in [-0.15, -0.1) is 0 Å². The van der Waals surface area contributed by atoms with E-state index < -0.39 is 0 Å². The molecule has 2 aliphatic rings. The highest BCUT2D eigenvalue weighted by Crippen LogP contribution is 2.38. The number of hydrogen-bond acceptors (Lipinski definition) is 3. The van der Waals surface area contributed by atoms with E-state index in [1.807, 2.05) is 6.92 Å². The van der Waals surface area contributed by atoms with Crippen LogP contribution >= 0.6 is 0 Å². The number of esters is 1. The standard InChI is InChI=1S/C37H36O3/c1-4-24(3)39-35-10-6-8-31-22-29(16-18-33(31)35)27-14-12-26-21-28(15-13-25(26)20-27)30-17-19-34-32(23-30)9-7-11-36(34)40-37(38)5-2/h7,9,12-23,35-36H,3-6,8,10-11H2,1-2H3. The van der Waals surface area contributed by atoms with Gasteiger partial charge >= 0.3 is 5.97 Å². The molecule has 0 saturated carbocycles. The van der Waals surface area contributed by atoms with Crippen LogP contribution in [0.3, 0.4) is 0 Å². The lowest BCUT2D eigenvalue weighted by Gasteiger charge is -2.27. The minimum Gasteiger partial charge on any atom is -0.491 e. The number of carbonyl (C=O) groups is 1. The Balaban J connectivity index is 1.26. The number of benzene rings is 4. The minimum absolute atomic E-state index is 0.122. The van der Waals surface area contributed by atoms with Gasteiger partial charge in [-0.3, -0.25) is 4.79 Å². The number of aryl methyl sites for hydroxylation is 1. The quantitative estimate of drug-likeness (QED) is 0.177. The molecule has 3 heteroatoms. The Morgan fingerprint density at radius 2 is 1.43 bits per heavy atom. The highest BCUT2D eigenvalue weighted by Gasteiger charge is 2.23. The largest absolute Gasteiger partial charge is 0.491 e. The molecule has 0 radical (unpaired) electrons. The number of rotatable bonds is 7. The Bertz CT molecular complexity index is 1630. The van der Waals surface area contributed by atoms with E-state index >= 15 is 0 Å². The van der Waals surface area contributed by atoms with Crippen molar-refractivity contribution in [3.63, 3.8) is 0 Å². The van der Waals surface area contributed by atoms with Crippen LogP contribution in [0, 0.1) is 0 Å². The van der Waals surface area contributed by atoms with E-state index in [9.17, 15) is 4.79 Å². The van der Waals surface area contributed by atoms with Gasteiger partial charge in [-0.05, 0) is 87.2 Å². The van der Waals surface area contributed by atoms with Gasteiger partial charge in [0.05, 0.1) is 5.76 Å². The van der Waals surface area contributed by atoms with Crippen molar-refractivity contribution in [1.82, 2.24) is 0 Å². The van der Waals surface area contributed by atoms with Crippen LogP contribution in [0.2, 0.25) is 0 Å². The summed E-state index contributed by atoms with van der Waals surface area (Å²) in [5.74, 6) is 0.709. The molecule has 4 aromatic rings. The van der Waals surface area contributed by atoms with Gasteiger partial charge in [0.2, 0.25) is 0 Å². The zero-order valence-electron chi connectivity index (χ0n) is 23.4. The van der Waals surface area contributed by atoms with E-state index in [1.165, 1.54) is 38.6 Å². The lowest BCUT2D eigenvalue weighted by molar-refractivity contribution is -0.149. The summed E-state index contributed by atoms with van der Waals surface area (Å²) in [5.41, 5.74) is 9.72. The summed E-state index contributed by atoms with van der Waals surface area (Å²) in [6.07, 6.45) is 9.41. The maximum absolute atomic E-state index is 11.9. The molecule has 0 aromatic heterocycles. The van der Waals surface area contributed by atoms with Crippen molar-refractivity contribution in [3.8, 4) is 22.3 Å². The van der Waals surface area contributed by atoms with Crippen LogP contribution in [0.5, 0.6) is 0 Å². The molecular formula is C37H36O3. The van der Waals surface area contributed by atoms with Gasteiger partial charge < -0.3 is 9.47 Å². The molecule has 2 unspecified atom stereocenters. The first-order valence-corrected chi connectivity index (χ1v) is 14.5. The second kappa shape index (κ2) is 11.2. The molecule has 0 heterocycles. The third-order valence-corrected chi connectivity index (χ3v) is 8.26. The lowest BCUT2D eigenvalue weighted by atomic mass is 9.86. The Morgan fingerprint density at radius 3 is 2.12 bits per heavy atom. The van der Waals surface area contributed by atoms with E-state index in [4.69, 9.17) is 9.47 Å². The van der Waals surface area contributed by atoms with Gasteiger partial charge in [-0.25, -0.2) is 0 Å². The molecule has 0 N–H and O–H groups in total. The molecular weight excluding hydrogens is 492 g/mol. The van der Waals surface area contributed by atoms with Gasteiger partial charge in [0.25, 0.3) is 0 Å². The van der Waals surface area contributed by atoms with Crippen LogP contribution in [-0.2, 0) is 20.7 Å². The number of ether oxygens (including phenoxy) is 2. The predicted molar refractivity (Wildman–Crippen MR) is 164 cm³/mol. The van der Waals surface area contributed by atoms with Crippen molar-refractivity contribution < 1.29 is 14.3 Å². The normalized spacial score (nSPS) is 17.6. The summed E-state index contributed by atoms with van der Waals surface area (Å²) >= 11 is 0. The first-order chi connectivity index (χ1) is 19.5. The Hall–Kier alpha value is -4.11. The molecule has 40 heavy (non-hydrogen) atoms. The van der Waals surface area contributed by atoms with Crippen LogP contribution in [-0.4, -0.2) is 5.97 Å². The molecule has 2 atom stereocenters. The van der Waals surface area contributed by atoms with E-state index in [-0.39, 0.29) is 18.2 Å². The molecule has 0 aliphatic heterocycles. The summed E-state index contributed by atoms with van der Waals surface area (Å²) in [4.78, 5) is 11.9. The zero-order valence-corrected chi connectivity index (χ0v) is 23.4. The Labute approximate surface area is 237 Å². The molecule has 4 aromatic carbocycles. The summed E-state index contributed by atoms with van der Waals surface area (Å²) in [6.45, 7) is 7.97. The van der Waals surface area contributed by atoms with Gasteiger partial charge in [-0.1, -0.05) is 87.2 Å². The van der Waals surface area contributed by atoms with Crippen molar-refractivity contribution in [2.45, 2.75) is 64.6 Å². The summed E-state index contributed by atoms with van der Waals surface area (Å²) < 4.78 is 11.8. The topological polar surface area (TPSA) is 35.5 Å². The maximum atomic E-state index is 11.9. The van der Waals surface area contributed by atoms with Crippen molar-refractivity contribution in [3.05, 3.63) is 113 Å². The molecule has 202 valence electrons. The average Bonchev–Trinajstić information content (AvgIpc) is 3.00. The number of carbonyl (C=O) groups excluding carboxylic acids is 1. The summed E-state index contributed by atoms with van der Waals surface area (Å²) in [6, 6.07) is 26.7. The van der Waals surface area contributed by atoms with Crippen molar-refractivity contribution in [1.29, 1.82) is 0 Å². The van der Waals surface area contributed by atoms with Crippen LogP contribution in [0.15, 0.2) is 91.2 Å². The molecule has 0 spiro atoms. The van der Waals surface area contributed by atoms with Crippen LogP contribution < -0.4 is 0 Å². The fraction of sp³-hybridized carbons (Fsp3) is 0.270. The van der Waals surface area contributed by atoms with E-state index in [0.717, 1.165) is 54.6 Å². The first-order valence-electron chi connectivity index (χ1n) is 14.5. The fourth-order valence-corrected chi connectivity index (χ4v) is 5.95. The van der Waals surface area contributed by atoms with Gasteiger partial charge in [0, 0.05) is 24.8 Å². The highest BCUT2D eigenvalue weighted by molar-refractivity contribution is 5.91. The molecule has 2 aliphatic carbocycles. The number of hydrogen-bond donors (Lipinski definition) is 0. The second-order valence-corrected chi connectivity index (χ2v) is 10.9. The smallest absolute Gasteiger partial charge is 0.306 e. The van der Waals surface area contributed by atoms with Gasteiger partial charge in [0.15, 0.2) is 0 Å². The summed E-state index contributed by atoms with van der Waals surface area (Å²) in [7, 11) is 0. The third-order valence-electron chi connectivity index (χ3n) is 8.26.